The van der Waals surface area contributed by atoms with Crippen LogP contribution in [-0.4, -0.2) is 26.7 Å². The van der Waals surface area contributed by atoms with Crippen LogP contribution in [0.5, 0.6) is 0 Å². The molecule has 1 aromatic carbocycles. The molecule has 156 valence electrons. The number of hydrogen-bond donors (Lipinski definition) is 1. The fourth-order valence-corrected chi connectivity index (χ4v) is 4.71. The third kappa shape index (κ3) is 4.29. The van der Waals surface area contributed by atoms with Gasteiger partial charge in [0.15, 0.2) is 5.11 Å². The van der Waals surface area contributed by atoms with E-state index in [-0.39, 0.29) is 6.04 Å². The van der Waals surface area contributed by atoms with Crippen molar-refractivity contribution in [3.63, 3.8) is 0 Å². The van der Waals surface area contributed by atoms with Crippen molar-refractivity contribution in [3.05, 3.63) is 64.0 Å². The van der Waals surface area contributed by atoms with Gasteiger partial charge >= 0.3 is 0 Å². The molecule has 1 N–H and O–H groups in total. The Morgan fingerprint density at radius 2 is 2.03 bits per heavy atom. The van der Waals surface area contributed by atoms with Crippen LogP contribution < -0.4 is 5.32 Å². The number of halogens is 1. The van der Waals surface area contributed by atoms with E-state index in [2.05, 4.69) is 29.2 Å². The van der Waals surface area contributed by atoms with Gasteiger partial charge in [-0.2, -0.15) is 4.98 Å². The molecule has 0 amide bonds. The van der Waals surface area contributed by atoms with E-state index in [1.54, 1.807) is 11.3 Å². The molecular formula is C22H23ClN4OS2. The number of benzene rings is 1. The number of aromatic nitrogens is 2. The first-order valence-corrected chi connectivity index (χ1v) is 11.7. The number of allylic oxidation sites excluding steroid dienone is 1. The molecule has 0 bridgehead atoms. The quantitative estimate of drug-likeness (QED) is 0.331. The van der Waals surface area contributed by atoms with Crippen LogP contribution in [0.2, 0.25) is 5.02 Å². The molecule has 0 saturated carbocycles. The van der Waals surface area contributed by atoms with Crippen molar-refractivity contribution in [3.8, 4) is 10.7 Å². The van der Waals surface area contributed by atoms with E-state index in [0.717, 1.165) is 47.5 Å². The Hall–Kier alpha value is -2.22. The smallest absolute Gasteiger partial charge is 0.258 e. The van der Waals surface area contributed by atoms with E-state index in [0.29, 0.717) is 21.9 Å². The van der Waals surface area contributed by atoms with Crippen LogP contribution in [0.25, 0.3) is 16.3 Å². The molecule has 1 aliphatic rings. The first-order valence-electron chi connectivity index (χ1n) is 10.0. The van der Waals surface area contributed by atoms with Crippen LogP contribution in [0.1, 0.15) is 50.6 Å². The summed E-state index contributed by atoms with van der Waals surface area (Å²) in [5, 5.41) is 11.1. The van der Waals surface area contributed by atoms with Crippen molar-refractivity contribution in [2.45, 2.75) is 39.2 Å². The van der Waals surface area contributed by atoms with Gasteiger partial charge in [-0.3, -0.25) is 0 Å². The molecule has 3 aromatic rings. The molecule has 5 nitrogen and oxygen atoms in total. The standard InChI is InChI=1S/C22H23ClN4OS2/c1-3-4-5-12-27-14(2)18(21-25-20(26-28-21)17-7-6-13-30-17)19(24-22(27)29)15-8-10-16(23)11-9-15/h6-11,13,19H,3-5,12H2,1-2H3,(H,24,29). The Morgan fingerprint density at radius 3 is 2.73 bits per heavy atom. The van der Waals surface area contributed by atoms with Gasteiger partial charge in [0.05, 0.1) is 16.5 Å². The van der Waals surface area contributed by atoms with Gasteiger partial charge in [0, 0.05) is 17.3 Å². The van der Waals surface area contributed by atoms with E-state index in [9.17, 15) is 0 Å². The summed E-state index contributed by atoms with van der Waals surface area (Å²) in [5.41, 5.74) is 3.02. The molecule has 0 saturated heterocycles. The zero-order chi connectivity index (χ0) is 21.1. The number of rotatable bonds is 7. The van der Waals surface area contributed by atoms with Gasteiger partial charge in [-0.25, -0.2) is 0 Å². The maximum absolute atomic E-state index is 6.11. The normalized spacial score (nSPS) is 16.8. The number of unbranched alkanes of at least 4 members (excludes halogenated alkanes) is 2. The summed E-state index contributed by atoms with van der Waals surface area (Å²) in [4.78, 5) is 7.83. The molecule has 1 aliphatic heterocycles. The van der Waals surface area contributed by atoms with Gasteiger partial charge in [0.25, 0.3) is 5.89 Å². The molecular weight excluding hydrogens is 436 g/mol. The molecule has 1 unspecified atom stereocenters. The minimum atomic E-state index is -0.186. The van der Waals surface area contributed by atoms with Crippen LogP contribution >= 0.6 is 35.2 Å². The highest BCUT2D eigenvalue weighted by Gasteiger charge is 2.33. The lowest BCUT2D eigenvalue weighted by Crippen LogP contribution is -2.46. The Morgan fingerprint density at radius 1 is 1.23 bits per heavy atom. The summed E-state index contributed by atoms with van der Waals surface area (Å²) in [6.07, 6.45) is 3.38. The maximum Gasteiger partial charge on any atom is 0.258 e. The Balaban J connectivity index is 1.76. The molecule has 8 heteroatoms. The molecule has 4 rings (SSSR count). The van der Waals surface area contributed by atoms with Gasteiger partial charge in [0.2, 0.25) is 5.82 Å². The molecule has 0 radical (unpaired) electrons. The average Bonchev–Trinajstić information content (AvgIpc) is 3.42. The molecule has 2 aromatic heterocycles. The number of nitrogens with zero attached hydrogens (tertiary/aromatic N) is 3. The van der Waals surface area contributed by atoms with Crippen molar-refractivity contribution >= 4 is 45.8 Å². The summed E-state index contributed by atoms with van der Waals surface area (Å²) < 4.78 is 5.73. The second-order valence-electron chi connectivity index (χ2n) is 7.19. The van der Waals surface area contributed by atoms with Crippen molar-refractivity contribution in [1.82, 2.24) is 20.4 Å². The van der Waals surface area contributed by atoms with Crippen molar-refractivity contribution < 1.29 is 4.52 Å². The second-order valence-corrected chi connectivity index (χ2v) is 8.96. The van der Waals surface area contributed by atoms with Crippen LogP contribution in [0.15, 0.2) is 52.0 Å². The van der Waals surface area contributed by atoms with Gasteiger partial charge in [0.1, 0.15) is 0 Å². The fraction of sp³-hybridized carbons (Fsp3) is 0.318. The number of nitrogens with one attached hydrogen (secondary N) is 1. The van der Waals surface area contributed by atoms with Crippen LogP contribution in [0.4, 0.5) is 0 Å². The molecule has 0 fully saturated rings. The topological polar surface area (TPSA) is 54.2 Å². The summed E-state index contributed by atoms with van der Waals surface area (Å²) in [7, 11) is 0. The third-order valence-corrected chi connectivity index (χ3v) is 6.64. The minimum Gasteiger partial charge on any atom is -0.351 e. The van der Waals surface area contributed by atoms with Crippen LogP contribution in [0, 0.1) is 0 Å². The molecule has 0 spiro atoms. The monoisotopic (exact) mass is 458 g/mol. The first-order chi connectivity index (χ1) is 14.6. The molecule has 30 heavy (non-hydrogen) atoms. The summed E-state index contributed by atoms with van der Waals surface area (Å²) in [6, 6.07) is 11.5. The van der Waals surface area contributed by atoms with Crippen molar-refractivity contribution in [1.29, 1.82) is 0 Å². The van der Waals surface area contributed by atoms with E-state index in [4.69, 9.17) is 33.3 Å². The maximum atomic E-state index is 6.11. The van der Waals surface area contributed by atoms with E-state index in [1.807, 2.05) is 41.8 Å². The highest BCUT2D eigenvalue weighted by atomic mass is 35.5. The van der Waals surface area contributed by atoms with Gasteiger partial charge in [-0.05, 0) is 54.7 Å². The van der Waals surface area contributed by atoms with Crippen LogP contribution in [-0.2, 0) is 0 Å². The van der Waals surface area contributed by atoms with E-state index >= 15 is 0 Å². The second kappa shape index (κ2) is 9.29. The highest BCUT2D eigenvalue weighted by molar-refractivity contribution is 7.80. The fourth-order valence-electron chi connectivity index (χ4n) is 3.59. The lowest BCUT2D eigenvalue weighted by atomic mass is 9.94. The number of thiocarbonyl (C=S) groups is 1. The number of thiophene rings is 1. The van der Waals surface area contributed by atoms with Crippen LogP contribution in [0.3, 0.4) is 0 Å². The van der Waals surface area contributed by atoms with E-state index in [1.165, 1.54) is 0 Å². The van der Waals surface area contributed by atoms with Gasteiger partial charge in [-0.1, -0.05) is 54.7 Å². The summed E-state index contributed by atoms with van der Waals surface area (Å²) in [6.45, 7) is 5.13. The zero-order valence-corrected chi connectivity index (χ0v) is 19.3. The lowest BCUT2D eigenvalue weighted by molar-refractivity contribution is 0.395. The predicted molar refractivity (Wildman–Crippen MR) is 126 cm³/mol. The first kappa shape index (κ1) is 21.0. The molecule has 0 aliphatic carbocycles. The average molecular weight is 459 g/mol. The third-order valence-electron chi connectivity index (χ3n) is 5.18. The minimum absolute atomic E-state index is 0.186. The summed E-state index contributed by atoms with van der Waals surface area (Å²) in [5.74, 6) is 1.10. The summed E-state index contributed by atoms with van der Waals surface area (Å²) >= 11 is 13.4. The largest absolute Gasteiger partial charge is 0.351 e. The Labute approximate surface area is 190 Å². The van der Waals surface area contributed by atoms with Crippen molar-refractivity contribution in [2.24, 2.45) is 0 Å². The Bertz CT molecular complexity index is 1040. The number of hydrogen-bond acceptors (Lipinski definition) is 5. The zero-order valence-electron chi connectivity index (χ0n) is 16.9. The molecule has 3 heterocycles. The van der Waals surface area contributed by atoms with Crippen molar-refractivity contribution in [2.75, 3.05) is 6.54 Å². The van der Waals surface area contributed by atoms with Gasteiger partial charge < -0.3 is 14.7 Å². The lowest BCUT2D eigenvalue weighted by Gasteiger charge is -2.37. The SMILES string of the molecule is CCCCCN1C(=S)NC(c2ccc(Cl)cc2)C(c2nc(-c3cccs3)no2)=C1C. The molecule has 1 atom stereocenters. The highest BCUT2D eigenvalue weighted by Crippen LogP contribution is 2.38. The Kier molecular flexibility index (Phi) is 6.51. The predicted octanol–water partition coefficient (Wildman–Crippen LogP) is 6.30. The van der Waals surface area contributed by atoms with Gasteiger partial charge in [-0.15, -0.1) is 11.3 Å². The van der Waals surface area contributed by atoms with E-state index < -0.39 is 0 Å².